The molecule has 3 rings (SSSR count). The Labute approximate surface area is 154 Å². The van der Waals surface area contributed by atoms with Gasteiger partial charge in [-0.25, -0.2) is 9.37 Å². The molecular weight excluding hydrogens is 416 g/mol. The van der Waals surface area contributed by atoms with E-state index in [1.165, 1.54) is 12.1 Å². The van der Waals surface area contributed by atoms with Crippen LogP contribution in [0.5, 0.6) is 0 Å². The van der Waals surface area contributed by atoms with E-state index in [-0.39, 0.29) is 17.6 Å². The molecule has 0 amide bonds. The van der Waals surface area contributed by atoms with Gasteiger partial charge in [-0.15, -0.1) is 0 Å². The van der Waals surface area contributed by atoms with Crippen molar-refractivity contribution in [3.63, 3.8) is 0 Å². The van der Waals surface area contributed by atoms with Crippen LogP contribution in [0.1, 0.15) is 5.56 Å². The first kappa shape index (κ1) is 18.4. The molecule has 2 aromatic carbocycles. The number of rotatable bonds is 5. The van der Waals surface area contributed by atoms with E-state index in [4.69, 9.17) is 0 Å². The van der Waals surface area contributed by atoms with Gasteiger partial charge in [0.25, 0.3) is 0 Å². The summed E-state index contributed by atoms with van der Waals surface area (Å²) in [5.41, 5.74) is 1.28. The van der Waals surface area contributed by atoms with Crippen molar-refractivity contribution in [2.45, 2.75) is 12.7 Å². The van der Waals surface area contributed by atoms with E-state index in [1.54, 1.807) is 30.3 Å². The van der Waals surface area contributed by atoms with Crippen LogP contribution in [-0.4, -0.2) is 22.7 Å². The van der Waals surface area contributed by atoms with Gasteiger partial charge in [-0.1, -0.05) is 28.1 Å². The summed E-state index contributed by atoms with van der Waals surface area (Å²) < 4.78 is 51.3. The minimum atomic E-state index is -4.37. The zero-order valence-electron chi connectivity index (χ0n) is 13.2. The first-order valence-corrected chi connectivity index (χ1v) is 8.36. The van der Waals surface area contributed by atoms with E-state index in [9.17, 15) is 17.6 Å². The highest BCUT2D eigenvalue weighted by molar-refractivity contribution is 9.10. The Balaban J connectivity index is 1.87. The Bertz CT molecular complexity index is 913. The van der Waals surface area contributed by atoms with E-state index in [0.29, 0.717) is 21.9 Å². The number of nitrogens with zero attached hydrogens (tertiary/aromatic N) is 2. The molecule has 1 heterocycles. The summed E-state index contributed by atoms with van der Waals surface area (Å²) in [4.78, 5) is 8.47. The topological polar surface area (TPSA) is 49.8 Å². The van der Waals surface area contributed by atoms with Crippen LogP contribution >= 0.6 is 15.9 Å². The normalized spacial score (nSPS) is 11.6. The fourth-order valence-electron chi connectivity index (χ4n) is 2.28. The van der Waals surface area contributed by atoms with Crippen molar-refractivity contribution in [3.05, 3.63) is 58.3 Å². The molecule has 0 spiro atoms. The first-order valence-electron chi connectivity index (χ1n) is 7.56. The summed E-state index contributed by atoms with van der Waals surface area (Å²) in [7, 11) is 0. The molecule has 1 aromatic heterocycles. The lowest BCUT2D eigenvalue weighted by Gasteiger charge is -2.13. The lowest BCUT2D eigenvalue weighted by Crippen LogP contribution is -2.22. The maximum absolute atomic E-state index is 12.9. The fraction of sp³-hybridized carbons (Fsp3) is 0.176. The van der Waals surface area contributed by atoms with Crippen molar-refractivity contribution >= 4 is 38.6 Å². The van der Waals surface area contributed by atoms with Crippen LogP contribution in [-0.2, 0) is 6.54 Å². The second-order valence-corrected chi connectivity index (χ2v) is 6.42. The molecule has 9 heteroatoms. The van der Waals surface area contributed by atoms with E-state index in [1.807, 2.05) is 0 Å². The molecular formula is C17H13BrF4N4. The fourth-order valence-corrected chi connectivity index (χ4v) is 2.64. The molecule has 0 aliphatic heterocycles. The van der Waals surface area contributed by atoms with E-state index >= 15 is 0 Å². The number of anilines is 2. The lowest BCUT2D eigenvalue weighted by atomic mass is 10.2. The number of hydrogen-bond donors (Lipinski definition) is 2. The average Bonchev–Trinajstić information content (AvgIpc) is 2.59. The molecule has 3 aromatic rings. The van der Waals surface area contributed by atoms with E-state index in [0.717, 1.165) is 5.56 Å². The molecule has 0 aliphatic carbocycles. The van der Waals surface area contributed by atoms with Gasteiger partial charge in [-0.2, -0.15) is 18.2 Å². The largest absolute Gasteiger partial charge is 0.405 e. The van der Waals surface area contributed by atoms with E-state index < -0.39 is 12.7 Å². The predicted molar refractivity (Wildman–Crippen MR) is 95.5 cm³/mol. The van der Waals surface area contributed by atoms with Crippen molar-refractivity contribution in [3.8, 4) is 0 Å². The molecule has 0 fully saturated rings. The molecule has 0 unspecified atom stereocenters. The maximum Gasteiger partial charge on any atom is 0.405 e. The van der Waals surface area contributed by atoms with Gasteiger partial charge < -0.3 is 10.6 Å². The number of halogens is 5. The molecule has 0 radical (unpaired) electrons. The molecule has 136 valence electrons. The van der Waals surface area contributed by atoms with Gasteiger partial charge in [0, 0.05) is 16.4 Å². The number of hydrogen-bond acceptors (Lipinski definition) is 4. The standard InChI is InChI=1S/C17H13BrF4N4/c18-11-3-6-14-13(7-11)15(24-9-17(20,21)22)26-16(25-14)23-8-10-1-4-12(19)5-2-10/h1-7H,8-9H2,(H2,23,24,25,26). The monoisotopic (exact) mass is 428 g/mol. The predicted octanol–water partition coefficient (Wildman–Crippen LogP) is 5.12. The third-order valence-corrected chi connectivity index (χ3v) is 3.97. The number of alkyl halides is 3. The highest BCUT2D eigenvalue weighted by Gasteiger charge is 2.27. The third kappa shape index (κ3) is 4.81. The zero-order valence-corrected chi connectivity index (χ0v) is 14.8. The Morgan fingerprint density at radius 1 is 0.962 bits per heavy atom. The highest BCUT2D eigenvalue weighted by atomic mass is 79.9. The third-order valence-electron chi connectivity index (χ3n) is 3.48. The van der Waals surface area contributed by atoms with Crippen molar-refractivity contribution in [2.75, 3.05) is 17.2 Å². The van der Waals surface area contributed by atoms with Gasteiger partial charge in [0.05, 0.1) is 5.52 Å². The lowest BCUT2D eigenvalue weighted by molar-refractivity contribution is -0.115. The molecule has 0 atom stereocenters. The highest BCUT2D eigenvalue weighted by Crippen LogP contribution is 2.27. The van der Waals surface area contributed by atoms with Crippen molar-refractivity contribution in [2.24, 2.45) is 0 Å². The van der Waals surface area contributed by atoms with Crippen molar-refractivity contribution in [1.29, 1.82) is 0 Å². The van der Waals surface area contributed by atoms with Crippen LogP contribution in [0.25, 0.3) is 10.9 Å². The summed E-state index contributed by atoms with van der Waals surface area (Å²) in [6.07, 6.45) is -4.37. The van der Waals surface area contributed by atoms with Crippen LogP contribution in [0.4, 0.5) is 29.3 Å². The molecule has 0 saturated carbocycles. The number of nitrogens with one attached hydrogen (secondary N) is 2. The minimum absolute atomic E-state index is 0.0789. The molecule has 0 bridgehead atoms. The minimum Gasteiger partial charge on any atom is -0.360 e. The summed E-state index contributed by atoms with van der Waals surface area (Å²) >= 11 is 3.29. The molecule has 0 aliphatic rings. The Morgan fingerprint density at radius 3 is 2.38 bits per heavy atom. The van der Waals surface area contributed by atoms with Crippen LogP contribution < -0.4 is 10.6 Å². The number of aromatic nitrogens is 2. The Hall–Kier alpha value is -2.42. The molecule has 4 nitrogen and oxygen atoms in total. The van der Waals surface area contributed by atoms with Crippen molar-refractivity contribution in [1.82, 2.24) is 9.97 Å². The molecule has 26 heavy (non-hydrogen) atoms. The maximum atomic E-state index is 12.9. The zero-order chi connectivity index (χ0) is 18.7. The molecule has 2 N–H and O–H groups in total. The van der Waals surface area contributed by atoms with Gasteiger partial charge in [0.15, 0.2) is 0 Å². The first-order chi connectivity index (χ1) is 12.3. The molecule has 0 saturated heterocycles. The van der Waals surface area contributed by atoms with Crippen LogP contribution in [0, 0.1) is 5.82 Å². The SMILES string of the molecule is Fc1ccc(CNc2nc(NCC(F)(F)F)c3cc(Br)ccc3n2)cc1. The summed E-state index contributed by atoms with van der Waals surface area (Å²) in [5, 5.41) is 5.73. The average molecular weight is 429 g/mol. The van der Waals surface area contributed by atoms with Crippen LogP contribution in [0.15, 0.2) is 46.9 Å². The Kier molecular flexibility index (Phi) is 5.26. The number of fused-ring (bicyclic) bond motifs is 1. The quantitative estimate of drug-likeness (QED) is 0.553. The van der Waals surface area contributed by atoms with Crippen LogP contribution in [0.3, 0.4) is 0 Å². The number of benzene rings is 2. The van der Waals surface area contributed by atoms with Gasteiger partial charge in [0.1, 0.15) is 18.2 Å². The van der Waals surface area contributed by atoms with Gasteiger partial charge in [-0.05, 0) is 35.9 Å². The summed E-state index contributed by atoms with van der Waals surface area (Å²) in [5.74, 6) is -0.0935. The summed E-state index contributed by atoms with van der Waals surface area (Å²) in [6.45, 7) is -0.899. The van der Waals surface area contributed by atoms with Gasteiger partial charge >= 0.3 is 6.18 Å². The summed E-state index contributed by atoms with van der Waals surface area (Å²) in [6, 6.07) is 10.9. The smallest absolute Gasteiger partial charge is 0.360 e. The Morgan fingerprint density at radius 2 is 1.69 bits per heavy atom. The second kappa shape index (κ2) is 7.45. The van der Waals surface area contributed by atoms with Gasteiger partial charge in [0.2, 0.25) is 5.95 Å². The van der Waals surface area contributed by atoms with Crippen LogP contribution in [0.2, 0.25) is 0 Å². The van der Waals surface area contributed by atoms with E-state index in [2.05, 4.69) is 36.5 Å². The van der Waals surface area contributed by atoms with Crippen molar-refractivity contribution < 1.29 is 17.6 Å². The second-order valence-electron chi connectivity index (χ2n) is 5.51. The van der Waals surface area contributed by atoms with Gasteiger partial charge in [-0.3, -0.25) is 0 Å².